The smallest absolute Gasteiger partial charge is 0.422 e. The van der Waals surface area contributed by atoms with E-state index in [2.05, 4.69) is 15.6 Å². The molecule has 52 heavy (non-hydrogen) atoms. The molecule has 1 aromatic heterocycles. The second-order valence-electron chi connectivity index (χ2n) is 12.5. The highest BCUT2D eigenvalue weighted by Crippen LogP contribution is 2.33. The Bertz CT molecular complexity index is 1890. The number of esters is 1. The lowest BCUT2D eigenvalue weighted by Gasteiger charge is -2.19. The summed E-state index contributed by atoms with van der Waals surface area (Å²) in [6.07, 6.45) is -7.69. The fraction of sp³-hybridized carbons (Fsp3) is 0.297. The molecule has 0 aliphatic rings. The molecule has 0 saturated heterocycles. The molecule has 0 radical (unpaired) electrons. The highest BCUT2D eigenvalue weighted by atomic mass is 32.2. The van der Waals surface area contributed by atoms with Crippen LogP contribution in [0.25, 0.3) is 11.3 Å². The van der Waals surface area contributed by atoms with Crippen LogP contribution in [-0.4, -0.2) is 46.9 Å². The molecule has 276 valence electrons. The molecule has 8 nitrogen and oxygen atoms in total. The van der Waals surface area contributed by atoms with E-state index in [-0.39, 0.29) is 58.3 Å². The molecule has 0 atom stereocenters. The summed E-state index contributed by atoms with van der Waals surface area (Å²) < 4.78 is 88.4. The third kappa shape index (κ3) is 12.6. The zero-order valence-corrected chi connectivity index (χ0v) is 29.1. The van der Waals surface area contributed by atoms with Crippen molar-refractivity contribution in [3.8, 4) is 17.0 Å². The van der Waals surface area contributed by atoms with Crippen molar-refractivity contribution in [1.82, 2.24) is 10.3 Å². The Labute approximate surface area is 300 Å². The van der Waals surface area contributed by atoms with Gasteiger partial charge in [-0.25, -0.2) is 0 Å². The maximum absolute atomic E-state index is 13.4. The van der Waals surface area contributed by atoms with Gasteiger partial charge in [0.1, 0.15) is 11.4 Å². The molecule has 0 fully saturated rings. The molecule has 3 aromatic carbocycles. The van der Waals surface area contributed by atoms with Crippen LogP contribution in [0.1, 0.15) is 64.6 Å². The van der Waals surface area contributed by atoms with Gasteiger partial charge in [0.15, 0.2) is 6.61 Å². The standard InChI is InChI=1S/C37H35F6N3O5S/c1-35(2,3)51-32(47)13-15-52-21-24-7-4-8-25(16-24)34(49)46-30-11-10-28(50-22-36(38,39)40)19-29(30)31-18-26(12-14-44-31)33(48)45-20-23-6-5-9-27(17-23)37(41,42)43/h4-12,14,16-19H,13,15,20-22H2,1-3H3,(H,45,48)(H,46,49). The number of thioether (sulfide) groups is 1. The van der Waals surface area contributed by atoms with E-state index in [0.717, 1.165) is 17.7 Å². The number of pyridine rings is 1. The summed E-state index contributed by atoms with van der Waals surface area (Å²) in [6, 6.07) is 17.8. The summed E-state index contributed by atoms with van der Waals surface area (Å²) in [7, 11) is 0. The van der Waals surface area contributed by atoms with E-state index in [9.17, 15) is 40.7 Å². The molecule has 15 heteroatoms. The second-order valence-corrected chi connectivity index (χ2v) is 13.6. The zero-order chi connectivity index (χ0) is 38.1. The normalized spacial score (nSPS) is 11.9. The number of benzene rings is 3. The molecule has 0 aliphatic carbocycles. The monoisotopic (exact) mass is 747 g/mol. The minimum absolute atomic E-state index is 0.0488. The first-order valence-electron chi connectivity index (χ1n) is 15.8. The summed E-state index contributed by atoms with van der Waals surface area (Å²) in [5.74, 6) is -0.677. The van der Waals surface area contributed by atoms with Gasteiger partial charge in [0.25, 0.3) is 11.8 Å². The lowest BCUT2D eigenvalue weighted by molar-refractivity contribution is -0.154. The Kier molecular flexibility index (Phi) is 13.0. The maximum atomic E-state index is 13.4. The predicted octanol–water partition coefficient (Wildman–Crippen LogP) is 8.86. The summed E-state index contributed by atoms with van der Waals surface area (Å²) >= 11 is 1.49. The average Bonchev–Trinajstić information content (AvgIpc) is 3.07. The number of nitrogens with one attached hydrogen (secondary N) is 2. The van der Waals surface area contributed by atoms with Gasteiger partial charge in [-0.05, 0) is 86.5 Å². The summed E-state index contributed by atoms with van der Waals surface area (Å²) in [6.45, 7) is 3.57. The Morgan fingerprint density at radius 2 is 1.52 bits per heavy atom. The van der Waals surface area contributed by atoms with Crippen LogP contribution in [0.2, 0.25) is 0 Å². The third-order valence-corrected chi connectivity index (χ3v) is 8.01. The Morgan fingerprint density at radius 1 is 0.808 bits per heavy atom. The number of alkyl halides is 6. The van der Waals surface area contributed by atoms with Gasteiger partial charge in [-0.3, -0.25) is 19.4 Å². The maximum Gasteiger partial charge on any atom is 0.422 e. The Balaban J connectivity index is 1.51. The number of aromatic nitrogens is 1. The Morgan fingerprint density at radius 3 is 2.23 bits per heavy atom. The molecule has 0 unspecified atom stereocenters. The highest BCUT2D eigenvalue weighted by Gasteiger charge is 2.30. The number of ether oxygens (including phenoxy) is 2. The van der Waals surface area contributed by atoms with E-state index >= 15 is 0 Å². The number of hydrogen-bond acceptors (Lipinski definition) is 7. The van der Waals surface area contributed by atoms with E-state index in [0.29, 0.717) is 11.5 Å². The number of anilines is 1. The van der Waals surface area contributed by atoms with Crippen LogP contribution in [-0.2, 0) is 28.0 Å². The van der Waals surface area contributed by atoms with Gasteiger partial charge in [-0.15, -0.1) is 0 Å². The number of carbonyl (C=O) groups excluding carboxylic acids is 3. The van der Waals surface area contributed by atoms with Gasteiger partial charge in [-0.1, -0.05) is 24.3 Å². The molecule has 0 spiro atoms. The van der Waals surface area contributed by atoms with Crippen LogP contribution < -0.4 is 15.4 Å². The fourth-order valence-electron chi connectivity index (χ4n) is 4.70. The van der Waals surface area contributed by atoms with Crippen molar-refractivity contribution in [1.29, 1.82) is 0 Å². The van der Waals surface area contributed by atoms with E-state index < -0.39 is 41.9 Å². The van der Waals surface area contributed by atoms with E-state index in [1.807, 2.05) is 6.07 Å². The van der Waals surface area contributed by atoms with Crippen molar-refractivity contribution in [2.75, 3.05) is 17.7 Å². The van der Waals surface area contributed by atoms with Gasteiger partial charge in [0, 0.05) is 40.9 Å². The van der Waals surface area contributed by atoms with Crippen molar-refractivity contribution in [2.24, 2.45) is 0 Å². The van der Waals surface area contributed by atoms with Crippen LogP contribution >= 0.6 is 11.8 Å². The molecule has 4 rings (SSSR count). The van der Waals surface area contributed by atoms with Crippen LogP contribution in [0.4, 0.5) is 32.0 Å². The van der Waals surface area contributed by atoms with Gasteiger partial charge < -0.3 is 20.1 Å². The Hall–Kier alpha value is -5.05. The lowest BCUT2D eigenvalue weighted by Crippen LogP contribution is -2.24. The van der Waals surface area contributed by atoms with Gasteiger partial charge in [0.2, 0.25) is 0 Å². The van der Waals surface area contributed by atoms with Crippen molar-refractivity contribution in [3.63, 3.8) is 0 Å². The topological polar surface area (TPSA) is 107 Å². The number of carbonyl (C=O) groups is 3. The minimum atomic E-state index is -4.62. The molecule has 2 amide bonds. The second kappa shape index (κ2) is 17.0. The first-order chi connectivity index (χ1) is 24.4. The first-order valence-corrected chi connectivity index (χ1v) is 17.0. The summed E-state index contributed by atoms with van der Waals surface area (Å²) in [5.41, 5.74) is 0.278. The van der Waals surface area contributed by atoms with E-state index in [1.54, 1.807) is 39.0 Å². The quantitative estimate of drug-likeness (QED) is 0.0800. The van der Waals surface area contributed by atoms with Gasteiger partial charge >= 0.3 is 18.3 Å². The van der Waals surface area contributed by atoms with Crippen LogP contribution in [0.3, 0.4) is 0 Å². The predicted molar refractivity (Wildman–Crippen MR) is 185 cm³/mol. The molecule has 1 heterocycles. The number of nitrogens with zero attached hydrogens (tertiary/aromatic N) is 1. The summed E-state index contributed by atoms with van der Waals surface area (Å²) in [5, 5.41) is 5.30. The molecular formula is C37H35F6N3O5S. The number of hydrogen-bond donors (Lipinski definition) is 2. The number of rotatable bonds is 13. The van der Waals surface area contributed by atoms with Crippen molar-refractivity contribution >= 4 is 35.2 Å². The van der Waals surface area contributed by atoms with Gasteiger partial charge in [0.05, 0.1) is 23.4 Å². The van der Waals surface area contributed by atoms with Gasteiger partial charge in [-0.2, -0.15) is 38.1 Å². The molecule has 0 saturated carbocycles. The molecule has 0 bridgehead atoms. The van der Waals surface area contributed by atoms with Crippen molar-refractivity contribution < 1.29 is 50.2 Å². The third-order valence-electron chi connectivity index (χ3n) is 6.98. The van der Waals surface area contributed by atoms with Crippen LogP contribution in [0, 0.1) is 0 Å². The average molecular weight is 748 g/mol. The molecular weight excluding hydrogens is 712 g/mol. The van der Waals surface area contributed by atoms with E-state index in [4.69, 9.17) is 9.47 Å². The minimum Gasteiger partial charge on any atom is -0.484 e. The highest BCUT2D eigenvalue weighted by molar-refractivity contribution is 7.98. The SMILES string of the molecule is CC(C)(C)OC(=O)CCSCc1cccc(C(=O)Nc2ccc(OCC(F)(F)F)cc2-c2cc(C(=O)NCc3cccc(C(F)(F)F)c3)ccn2)c1. The van der Waals surface area contributed by atoms with Crippen LogP contribution in [0.5, 0.6) is 5.75 Å². The molecule has 0 aliphatic heterocycles. The first kappa shape index (κ1) is 39.7. The number of amides is 2. The largest absolute Gasteiger partial charge is 0.484 e. The molecule has 2 N–H and O–H groups in total. The lowest BCUT2D eigenvalue weighted by atomic mass is 10.0. The fourth-order valence-corrected chi connectivity index (χ4v) is 5.57. The van der Waals surface area contributed by atoms with E-state index in [1.165, 1.54) is 60.4 Å². The summed E-state index contributed by atoms with van der Waals surface area (Å²) in [4.78, 5) is 42.7. The number of halogens is 6. The zero-order valence-electron chi connectivity index (χ0n) is 28.3. The van der Waals surface area contributed by atoms with Crippen molar-refractivity contribution in [3.05, 3.63) is 113 Å². The van der Waals surface area contributed by atoms with Crippen molar-refractivity contribution in [2.45, 2.75) is 57.4 Å². The van der Waals surface area contributed by atoms with Crippen LogP contribution in [0.15, 0.2) is 85.1 Å². The molecule has 4 aromatic rings.